The summed E-state index contributed by atoms with van der Waals surface area (Å²) in [4.78, 5) is 6.18. The van der Waals surface area contributed by atoms with Crippen LogP contribution in [-0.2, 0) is 41.1 Å². The Morgan fingerprint density at radius 1 is 0.670 bits per heavy atom. The number of halogens is 1. The van der Waals surface area contributed by atoms with Crippen LogP contribution in [0.2, 0.25) is 5.02 Å². The first-order chi connectivity index (χ1) is 42.2. The second-order valence-corrected chi connectivity index (χ2v) is 26.5. The van der Waals surface area contributed by atoms with E-state index in [1.54, 1.807) is 20.1 Å². The van der Waals surface area contributed by atoms with Gasteiger partial charge in [0.1, 0.15) is 17.1 Å². The molecule has 21 heteroatoms. The van der Waals surface area contributed by atoms with Gasteiger partial charge in [-0.25, -0.2) is 0 Å². The van der Waals surface area contributed by atoms with E-state index < -0.39 is 36.1 Å². The van der Waals surface area contributed by atoms with Gasteiger partial charge in [0.05, 0.1) is 41.8 Å². The first-order valence-corrected chi connectivity index (χ1v) is 34.7. The second-order valence-electron chi connectivity index (χ2n) is 21.2. The Morgan fingerprint density at radius 2 is 1.31 bits per heavy atom. The minimum Gasteiger partial charge on any atom is -0.497 e. The number of aryl methyl sites for hydroxylation is 1. The predicted octanol–water partition coefficient (Wildman–Crippen LogP) is 14.8. The van der Waals surface area contributed by atoms with E-state index in [1.165, 1.54) is 12.8 Å². The minimum atomic E-state index is -4.15. The first kappa shape index (κ1) is 66.6. The molecule has 1 unspecified atom stereocenters. The molecule has 468 valence electrons. The third kappa shape index (κ3) is 18.1. The van der Waals surface area contributed by atoms with E-state index in [2.05, 4.69) is 41.3 Å². The third-order valence-electron chi connectivity index (χ3n) is 14.8. The molecule has 88 heavy (non-hydrogen) atoms. The molecule has 0 radical (unpaired) electrons. The maximum Gasteiger partial charge on any atom is 0.283 e. The third-order valence-corrected chi connectivity index (χ3v) is 17.8. The number of hydrogen-bond acceptors (Lipinski definition) is 15. The maximum absolute atomic E-state index is 12.2. The summed E-state index contributed by atoms with van der Waals surface area (Å²) in [5, 5.41) is 1.44. The molecule has 1 aromatic heterocycles. The van der Waals surface area contributed by atoms with Crippen LogP contribution in [0.4, 0.5) is 17.1 Å². The monoisotopic (exact) mass is 1280 g/mol. The van der Waals surface area contributed by atoms with Crippen LogP contribution in [0, 0.1) is 0 Å². The number of anilines is 3. The summed E-state index contributed by atoms with van der Waals surface area (Å²) < 4.78 is 118. The molecule has 0 saturated heterocycles. The van der Waals surface area contributed by atoms with Crippen molar-refractivity contribution in [3.63, 3.8) is 0 Å². The number of rotatable bonds is 24. The smallest absolute Gasteiger partial charge is 0.283 e. The van der Waals surface area contributed by atoms with Gasteiger partial charge in [-0.15, -0.1) is 0 Å². The van der Waals surface area contributed by atoms with E-state index in [9.17, 15) is 34.4 Å². The lowest BCUT2D eigenvalue weighted by molar-refractivity contribution is 0.210. The van der Waals surface area contributed by atoms with Crippen molar-refractivity contribution >= 4 is 82.1 Å². The van der Waals surface area contributed by atoms with Crippen molar-refractivity contribution in [3.8, 4) is 39.5 Å². The highest BCUT2D eigenvalue weighted by molar-refractivity contribution is 7.86. The summed E-state index contributed by atoms with van der Waals surface area (Å²) in [5.41, 5.74) is 12.5. The highest BCUT2D eigenvalue weighted by Gasteiger charge is 2.31. The van der Waals surface area contributed by atoms with Crippen molar-refractivity contribution < 1.29 is 57.3 Å². The Bertz CT molecular complexity index is 4000. The van der Waals surface area contributed by atoms with Crippen molar-refractivity contribution in [2.24, 2.45) is 0 Å². The van der Waals surface area contributed by atoms with Gasteiger partial charge in [0.15, 0.2) is 17.4 Å². The average Bonchev–Trinajstić information content (AvgIpc) is 2.41. The van der Waals surface area contributed by atoms with Crippen LogP contribution in [0.15, 0.2) is 173 Å². The number of nitrogens with zero attached hydrogens (tertiary/aromatic N) is 3. The van der Waals surface area contributed by atoms with Gasteiger partial charge in [0, 0.05) is 66.1 Å². The van der Waals surface area contributed by atoms with Crippen molar-refractivity contribution in [2.45, 2.75) is 85.1 Å². The lowest BCUT2D eigenvalue weighted by Crippen LogP contribution is -2.37. The van der Waals surface area contributed by atoms with Gasteiger partial charge in [-0.3, -0.25) is 9.11 Å². The predicted molar refractivity (Wildman–Crippen MR) is 354 cm³/mol. The number of hydrogen-bond donors (Lipinski definition) is 3. The molecule has 0 aliphatic carbocycles. The van der Waals surface area contributed by atoms with E-state index in [0.29, 0.717) is 85.6 Å². The van der Waals surface area contributed by atoms with Crippen LogP contribution in [0.25, 0.3) is 45.4 Å². The van der Waals surface area contributed by atoms with Gasteiger partial charge in [-0.1, -0.05) is 137 Å². The van der Waals surface area contributed by atoms with Crippen molar-refractivity contribution in [1.29, 1.82) is 0 Å². The number of ether oxygens (including phenoxy) is 3. The number of furan rings is 1. The van der Waals surface area contributed by atoms with E-state index >= 15 is 0 Å². The van der Waals surface area contributed by atoms with Gasteiger partial charge >= 0.3 is 0 Å². The Kier molecular flexibility index (Phi) is 23.2. The Hall–Kier alpha value is -7.40. The summed E-state index contributed by atoms with van der Waals surface area (Å²) in [5.74, 6) is 3.14. The highest BCUT2D eigenvalue weighted by Crippen LogP contribution is 2.44. The number of nitrogens with one attached hydrogen (secondary N) is 1. The van der Waals surface area contributed by atoms with Crippen molar-refractivity contribution in [1.82, 2.24) is 5.48 Å². The number of unbranched alkanes of at least 4 members (excludes halogenated alkanes) is 3. The zero-order valence-electron chi connectivity index (χ0n) is 50.4. The van der Waals surface area contributed by atoms with E-state index in [0.717, 1.165) is 72.9 Å². The molecule has 0 amide bonds. The van der Waals surface area contributed by atoms with E-state index in [-0.39, 0.29) is 24.0 Å². The number of methoxy groups -OCH3 is 1. The molecule has 17 nitrogen and oxygen atoms in total. The fraction of sp³-hybridized carbons (Fsp3) is 0.313. The fourth-order valence-electron chi connectivity index (χ4n) is 10.1. The highest BCUT2D eigenvalue weighted by atomic mass is 35.5. The zero-order valence-corrected chi connectivity index (χ0v) is 53.6. The molecule has 1 atom stereocenters. The minimum absolute atomic E-state index is 0.115. The lowest BCUT2D eigenvalue weighted by atomic mass is 10.0. The topological polar surface area (TPSA) is 215 Å². The Morgan fingerprint density at radius 3 is 1.97 bits per heavy atom. The molecule has 3 N–H and O–H groups in total. The molecule has 0 bridgehead atoms. The molecule has 0 spiro atoms. The Labute approximate surface area is 523 Å². The number of fused-ring (bicyclic) bond motifs is 4. The number of hydroxylamine groups is 1. The van der Waals surface area contributed by atoms with Gasteiger partial charge < -0.3 is 33.3 Å². The SMILES string of the molecule is CCC(=C/c1oc2ccc(-c3ccccc3)cc2c1CCS(=O)(=O)O)/C=C1/Oc2ccc(Cl)cc2N1C.CCCC.CCNOS(=O)(=O)CCCCN1/C(=C/C2C=Cc3cc(OC)ccc3N2CCCCS(=O)(=O)O)Oc2ccc(-c3ccccc3)cc21. The zero-order chi connectivity index (χ0) is 63.0. The van der Waals surface area contributed by atoms with Crippen LogP contribution in [0.1, 0.15) is 89.5 Å². The molecular weight excluding hydrogens is 1200 g/mol. The van der Waals surface area contributed by atoms with Gasteiger partial charge in [0.2, 0.25) is 5.88 Å². The standard InChI is InChI=1S/C34H41N3O8S2.C29H26ClNO5S.C4H10/c1-3-35-45-47(41,42)22-10-8-20-37-32-24-27(26-11-5-4-6-12-26)14-18-33(32)44-34(37)25-29-15-13-28-23-30(43-2)16-17-31(28)36(29)19-7-9-21-46(38,39)40;1-3-19(16-29-31(2)25-18-22(30)10-12-27(25)36-29)15-28-23(13-14-37(32,33)34)24-17-21(9-11-26(24)35-28)20-7-5-4-6-8-20;1-3-4-2/h4-6,11-18,23-25,29,35H,3,7-10,19-22H2,1-2H3,(H,38,39,40);4-12,15-18H,3,13-14H2,1-2H3,(H,32,33,34);3-4H2,1-2H3/b34-25-;19-15-,29-16+;. The molecular formula is C67H77ClN4O13S3. The number of allylic oxidation sites excluding steroid dienone is 2. The largest absolute Gasteiger partial charge is 0.497 e. The summed E-state index contributed by atoms with van der Waals surface area (Å²) in [6.07, 6.45) is 15.2. The molecule has 10 rings (SSSR count). The summed E-state index contributed by atoms with van der Waals surface area (Å²) >= 11 is 6.16. The van der Waals surface area contributed by atoms with Crippen LogP contribution in [-0.4, -0.2) is 91.5 Å². The molecule has 0 fully saturated rings. The average molecular weight is 1280 g/mol. The summed E-state index contributed by atoms with van der Waals surface area (Å²) in [6.45, 7) is 9.56. The number of benzene rings is 6. The van der Waals surface area contributed by atoms with Crippen LogP contribution in [0.5, 0.6) is 17.2 Å². The van der Waals surface area contributed by atoms with Crippen molar-refractivity contribution in [3.05, 3.63) is 191 Å². The molecule has 4 heterocycles. The fourth-order valence-corrected chi connectivity index (χ4v) is 12.2. The van der Waals surface area contributed by atoms with Gasteiger partial charge in [0.25, 0.3) is 30.4 Å². The molecule has 7 aromatic rings. The Balaban J connectivity index is 0.000000220. The maximum atomic E-state index is 12.2. The van der Waals surface area contributed by atoms with Crippen molar-refractivity contribution in [2.75, 3.05) is 65.8 Å². The van der Waals surface area contributed by atoms with E-state index in [1.807, 2.05) is 165 Å². The normalized spacial score (nSPS) is 15.5. The second kappa shape index (κ2) is 30.7. The van der Waals surface area contributed by atoms with Crippen LogP contribution >= 0.6 is 11.6 Å². The van der Waals surface area contributed by atoms with Gasteiger partial charge in [-0.05, 0) is 133 Å². The van der Waals surface area contributed by atoms with Crippen LogP contribution in [0.3, 0.4) is 0 Å². The summed E-state index contributed by atoms with van der Waals surface area (Å²) in [6, 6.07) is 43.0. The first-order valence-electron chi connectivity index (χ1n) is 29.5. The molecule has 3 aliphatic rings. The molecule has 6 aromatic carbocycles. The molecule has 3 aliphatic heterocycles. The molecule has 0 saturated carbocycles. The lowest BCUT2D eigenvalue weighted by Gasteiger charge is -2.35. The van der Waals surface area contributed by atoms with Gasteiger partial charge in [-0.2, -0.15) is 35.0 Å². The summed E-state index contributed by atoms with van der Waals surface area (Å²) in [7, 11) is -8.37. The quantitative estimate of drug-likeness (QED) is 0.0291. The van der Waals surface area contributed by atoms with E-state index in [4.69, 9.17) is 34.5 Å². The van der Waals surface area contributed by atoms with Crippen LogP contribution < -0.4 is 34.4 Å².